The maximum Gasteiger partial charge on any atom is 0.155 e. The van der Waals surface area contributed by atoms with Crippen molar-refractivity contribution in [2.75, 3.05) is 0 Å². The number of nitrogens with zero attached hydrogens (tertiary/aromatic N) is 2. The highest BCUT2D eigenvalue weighted by molar-refractivity contribution is 6.29. The molecule has 1 heterocycles. The summed E-state index contributed by atoms with van der Waals surface area (Å²) in [5, 5.41) is 7.80. The van der Waals surface area contributed by atoms with E-state index in [4.69, 9.17) is 16.3 Å². The molecule has 0 unspecified atom stereocenters. The van der Waals surface area contributed by atoms with E-state index in [9.17, 15) is 0 Å². The van der Waals surface area contributed by atoms with Gasteiger partial charge in [-0.2, -0.15) is 5.10 Å². The molecule has 0 aliphatic heterocycles. The summed E-state index contributed by atoms with van der Waals surface area (Å²) in [5.41, 5.74) is 0. The largest absolute Gasteiger partial charge is 0.489 e. The van der Waals surface area contributed by atoms with Crippen molar-refractivity contribution in [3.05, 3.63) is 17.4 Å². The SMILES string of the molecule is Clc1cc(OC2CCCCC2)cnn1. The first-order valence-electron chi connectivity index (χ1n) is 4.99. The minimum absolute atomic E-state index is 0.337. The molecule has 0 N–H and O–H groups in total. The zero-order valence-corrected chi connectivity index (χ0v) is 8.70. The smallest absolute Gasteiger partial charge is 0.155 e. The molecule has 1 saturated carbocycles. The topological polar surface area (TPSA) is 35.0 Å². The van der Waals surface area contributed by atoms with Crippen LogP contribution in [0, 0.1) is 0 Å². The normalized spacial score (nSPS) is 18.1. The van der Waals surface area contributed by atoms with Gasteiger partial charge in [-0.15, -0.1) is 5.10 Å². The van der Waals surface area contributed by atoms with Gasteiger partial charge in [0.25, 0.3) is 0 Å². The Labute approximate surface area is 88.4 Å². The van der Waals surface area contributed by atoms with Crippen molar-refractivity contribution in [1.29, 1.82) is 0 Å². The second-order valence-electron chi connectivity index (χ2n) is 3.59. The average molecular weight is 213 g/mol. The highest BCUT2D eigenvalue weighted by atomic mass is 35.5. The summed E-state index contributed by atoms with van der Waals surface area (Å²) >= 11 is 5.71. The number of aromatic nitrogens is 2. The van der Waals surface area contributed by atoms with Crippen LogP contribution in [0.15, 0.2) is 12.3 Å². The van der Waals surface area contributed by atoms with Crippen LogP contribution in [0.2, 0.25) is 5.15 Å². The molecular weight excluding hydrogens is 200 g/mol. The minimum atomic E-state index is 0.337. The Balaban J connectivity index is 1.95. The number of rotatable bonds is 2. The Hall–Kier alpha value is -0.830. The molecule has 0 bridgehead atoms. The molecule has 1 aromatic rings. The molecule has 1 aliphatic rings. The maximum absolute atomic E-state index is 5.75. The van der Waals surface area contributed by atoms with Crippen LogP contribution in [-0.4, -0.2) is 16.3 Å². The van der Waals surface area contributed by atoms with E-state index in [0.717, 1.165) is 18.6 Å². The van der Waals surface area contributed by atoms with Crippen LogP contribution in [0.5, 0.6) is 5.75 Å². The van der Waals surface area contributed by atoms with E-state index in [1.54, 1.807) is 12.3 Å². The van der Waals surface area contributed by atoms with Crippen molar-refractivity contribution in [2.24, 2.45) is 0 Å². The van der Waals surface area contributed by atoms with E-state index in [1.807, 2.05) is 0 Å². The van der Waals surface area contributed by atoms with Crippen LogP contribution in [0.25, 0.3) is 0 Å². The summed E-state index contributed by atoms with van der Waals surface area (Å²) in [6.07, 6.45) is 8.08. The lowest BCUT2D eigenvalue weighted by molar-refractivity contribution is 0.154. The van der Waals surface area contributed by atoms with Gasteiger partial charge in [0.05, 0.1) is 12.3 Å². The molecule has 1 aliphatic carbocycles. The van der Waals surface area contributed by atoms with Crippen LogP contribution in [0.4, 0.5) is 0 Å². The van der Waals surface area contributed by atoms with Gasteiger partial charge in [0.2, 0.25) is 0 Å². The van der Waals surface area contributed by atoms with E-state index in [0.29, 0.717) is 11.3 Å². The first-order chi connectivity index (χ1) is 6.84. The lowest BCUT2D eigenvalue weighted by atomic mass is 9.98. The lowest BCUT2D eigenvalue weighted by Crippen LogP contribution is -2.19. The molecule has 3 nitrogen and oxygen atoms in total. The van der Waals surface area contributed by atoms with Crippen LogP contribution in [0.3, 0.4) is 0 Å². The van der Waals surface area contributed by atoms with E-state index < -0.39 is 0 Å². The van der Waals surface area contributed by atoms with Crippen molar-refractivity contribution in [3.63, 3.8) is 0 Å². The van der Waals surface area contributed by atoms with Crippen LogP contribution < -0.4 is 4.74 Å². The van der Waals surface area contributed by atoms with Crippen molar-refractivity contribution in [2.45, 2.75) is 38.2 Å². The fourth-order valence-electron chi connectivity index (χ4n) is 1.76. The quantitative estimate of drug-likeness (QED) is 0.756. The molecule has 1 aromatic heterocycles. The highest BCUT2D eigenvalue weighted by Crippen LogP contribution is 2.23. The standard InChI is InChI=1S/C10H13ClN2O/c11-10-6-9(7-12-13-10)14-8-4-2-1-3-5-8/h6-8H,1-5H2. The molecular formula is C10H13ClN2O. The summed E-state index contributed by atoms with van der Waals surface area (Å²) in [6.45, 7) is 0. The van der Waals surface area contributed by atoms with Crippen molar-refractivity contribution >= 4 is 11.6 Å². The van der Waals surface area contributed by atoms with Crippen LogP contribution in [-0.2, 0) is 0 Å². The molecule has 1 fully saturated rings. The summed E-state index contributed by atoms with van der Waals surface area (Å²) in [6, 6.07) is 1.71. The number of halogens is 1. The van der Waals surface area contributed by atoms with Gasteiger partial charge < -0.3 is 4.74 Å². The molecule has 0 atom stereocenters. The molecule has 0 aromatic carbocycles. The third kappa shape index (κ3) is 2.58. The minimum Gasteiger partial charge on any atom is -0.489 e. The maximum atomic E-state index is 5.75. The lowest BCUT2D eigenvalue weighted by Gasteiger charge is -2.22. The third-order valence-corrected chi connectivity index (χ3v) is 2.64. The molecule has 2 rings (SSSR count). The molecule has 4 heteroatoms. The number of hydrogen-bond donors (Lipinski definition) is 0. The predicted molar refractivity (Wildman–Crippen MR) is 54.5 cm³/mol. The van der Waals surface area contributed by atoms with Crippen LogP contribution in [0.1, 0.15) is 32.1 Å². The number of hydrogen-bond acceptors (Lipinski definition) is 3. The van der Waals surface area contributed by atoms with Gasteiger partial charge in [-0.05, 0) is 25.7 Å². The second kappa shape index (κ2) is 4.60. The fourth-order valence-corrected chi connectivity index (χ4v) is 1.92. The Kier molecular flexibility index (Phi) is 3.19. The summed E-state index contributed by atoms with van der Waals surface area (Å²) in [7, 11) is 0. The predicted octanol–water partition coefficient (Wildman–Crippen LogP) is 2.84. The molecule has 14 heavy (non-hydrogen) atoms. The Bertz CT molecular complexity index is 300. The second-order valence-corrected chi connectivity index (χ2v) is 3.98. The van der Waals surface area contributed by atoms with Gasteiger partial charge in [-0.3, -0.25) is 0 Å². The van der Waals surface area contributed by atoms with Crippen molar-refractivity contribution in [3.8, 4) is 5.75 Å². The first kappa shape index (κ1) is 9.71. The van der Waals surface area contributed by atoms with Crippen LogP contribution >= 0.6 is 11.6 Å². The Morgan fingerprint density at radius 3 is 2.79 bits per heavy atom. The van der Waals surface area contributed by atoms with Gasteiger partial charge in [-0.25, -0.2) is 0 Å². The fraction of sp³-hybridized carbons (Fsp3) is 0.600. The first-order valence-corrected chi connectivity index (χ1v) is 5.37. The Morgan fingerprint density at radius 1 is 1.29 bits per heavy atom. The molecule has 76 valence electrons. The van der Waals surface area contributed by atoms with E-state index in [2.05, 4.69) is 10.2 Å². The molecule has 0 radical (unpaired) electrons. The molecule has 0 amide bonds. The number of ether oxygens (including phenoxy) is 1. The summed E-state index contributed by atoms with van der Waals surface area (Å²) in [5.74, 6) is 0.733. The van der Waals surface area contributed by atoms with E-state index >= 15 is 0 Å². The summed E-state index contributed by atoms with van der Waals surface area (Å²) in [4.78, 5) is 0. The zero-order valence-electron chi connectivity index (χ0n) is 7.95. The van der Waals surface area contributed by atoms with E-state index in [1.165, 1.54) is 19.3 Å². The zero-order chi connectivity index (χ0) is 9.80. The third-order valence-electron chi connectivity index (χ3n) is 2.45. The van der Waals surface area contributed by atoms with Gasteiger partial charge in [0, 0.05) is 6.07 Å². The van der Waals surface area contributed by atoms with Crippen molar-refractivity contribution in [1.82, 2.24) is 10.2 Å². The average Bonchev–Trinajstić information content (AvgIpc) is 2.19. The Morgan fingerprint density at radius 2 is 2.07 bits per heavy atom. The highest BCUT2D eigenvalue weighted by Gasteiger charge is 2.14. The summed E-state index contributed by atoms with van der Waals surface area (Å²) < 4.78 is 5.75. The van der Waals surface area contributed by atoms with Gasteiger partial charge in [0.1, 0.15) is 5.75 Å². The van der Waals surface area contributed by atoms with Gasteiger partial charge in [-0.1, -0.05) is 18.0 Å². The van der Waals surface area contributed by atoms with Gasteiger partial charge in [0.15, 0.2) is 5.15 Å². The molecule has 0 spiro atoms. The molecule has 0 saturated heterocycles. The van der Waals surface area contributed by atoms with Gasteiger partial charge >= 0.3 is 0 Å². The van der Waals surface area contributed by atoms with Crippen molar-refractivity contribution < 1.29 is 4.74 Å². The monoisotopic (exact) mass is 212 g/mol. The van der Waals surface area contributed by atoms with E-state index in [-0.39, 0.29) is 0 Å².